The third-order valence-corrected chi connectivity index (χ3v) is 3.88. The molecule has 1 aromatic heterocycles. The Balaban J connectivity index is 2.35. The van der Waals surface area contributed by atoms with Crippen LogP contribution in [0.25, 0.3) is 0 Å². The van der Waals surface area contributed by atoms with Crippen LogP contribution in [0.2, 0.25) is 19.1 Å². The monoisotopic (exact) mass is 287 g/mol. The van der Waals surface area contributed by atoms with E-state index in [2.05, 4.69) is 34.1 Å². The number of rotatable bonds is 5. The first-order valence-corrected chi connectivity index (χ1v) is 8.76. The molecule has 15 heavy (non-hydrogen) atoms. The summed E-state index contributed by atoms with van der Waals surface area (Å²) in [7, 11) is -0.523. The summed E-state index contributed by atoms with van der Waals surface area (Å²) in [5, 5.41) is 12.8. The normalized spacial score (nSPS) is 10.6. The number of hydrogen-bond acceptors (Lipinski definition) is 3. The minimum absolute atomic E-state index is 0.418. The smallest absolute Gasteiger partial charge is 0.146 e. The predicted octanol–water partition coefficient (Wildman–Crippen LogP) is 1.98. The number of aromatic nitrogens is 2. The lowest BCUT2D eigenvalue weighted by Gasteiger charge is -2.05. The lowest BCUT2D eigenvalue weighted by molar-refractivity contribution is 0.0787. The standard InChI is InChI=1S/C9H14BrN3OSi/c1-15(2)4-3-14-7-13-6-8(5-11)9(10)12-13/h6,15H,3-4,7H2,1-2H3. The molecule has 1 rings (SSSR count). The quantitative estimate of drug-likeness (QED) is 0.615. The fourth-order valence-corrected chi connectivity index (χ4v) is 2.05. The molecule has 0 atom stereocenters. The molecule has 0 spiro atoms. The fraction of sp³-hybridized carbons (Fsp3) is 0.556. The zero-order valence-electron chi connectivity index (χ0n) is 8.90. The molecule has 1 heterocycles. The largest absolute Gasteiger partial charge is 0.360 e. The zero-order valence-corrected chi connectivity index (χ0v) is 11.6. The molecule has 0 N–H and O–H groups in total. The van der Waals surface area contributed by atoms with E-state index in [9.17, 15) is 0 Å². The molecular weight excluding hydrogens is 274 g/mol. The molecule has 0 amide bonds. The first-order chi connectivity index (χ1) is 7.13. The summed E-state index contributed by atoms with van der Waals surface area (Å²) in [5.41, 5.74) is 0.539. The van der Waals surface area contributed by atoms with Crippen molar-refractivity contribution in [3.8, 4) is 6.07 Å². The average molecular weight is 288 g/mol. The molecule has 0 radical (unpaired) electrons. The Morgan fingerprint density at radius 1 is 1.67 bits per heavy atom. The Labute approximate surface area is 99.6 Å². The number of ether oxygens (including phenoxy) is 1. The second-order valence-electron chi connectivity index (χ2n) is 3.70. The molecule has 0 unspecified atom stereocenters. The molecular formula is C9H14BrN3OSi. The molecule has 0 aliphatic carbocycles. The number of nitrogens with zero attached hydrogens (tertiary/aromatic N) is 3. The van der Waals surface area contributed by atoms with E-state index in [4.69, 9.17) is 10.00 Å². The Morgan fingerprint density at radius 3 is 2.93 bits per heavy atom. The van der Waals surface area contributed by atoms with Crippen LogP contribution in [0.3, 0.4) is 0 Å². The van der Waals surface area contributed by atoms with E-state index in [1.807, 2.05) is 6.07 Å². The molecule has 6 heteroatoms. The topological polar surface area (TPSA) is 50.8 Å². The lowest BCUT2D eigenvalue weighted by atomic mass is 10.4. The van der Waals surface area contributed by atoms with Crippen molar-refractivity contribution in [2.45, 2.75) is 25.9 Å². The highest BCUT2D eigenvalue weighted by Gasteiger charge is 2.04. The zero-order chi connectivity index (χ0) is 11.3. The van der Waals surface area contributed by atoms with E-state index in [0.717, 1.165) is 6.61 Å². The van der Waals surface area contributed by atoms with Crippen LogP contribution in [0, 0.1) is 11.3 Å². The Hall–Kier alpha value is -0.643. The Morgan fingerprint density at radius 2 is 2.40 bits per heavy atom. The van der Waals surface area contributed by atoms with Crippen molar-refractivity contribution in [2.75, 3.05) is 6.61 Å². The molecule has 82 valence electrons. The van der Waals surface area contributed by atoms with Crippen LogP contribution in [0.15, 0.2) is 10.8 Å². The first-order valence-electron chi connectivity index (χ1n) is 4.84. The van der Waals surface area contributed by atoms with Gasteiger partial charge in [0.2, 0.25) is 0 Å². The number of halogens is 1. The van der Waals surface area contributed by atoms with Gasteiger partial charge in [0.1, 0.15) is 23.0 Å². The minimum atomic E-state index is -0.523. The third-order valence-electron chi connectivity index (χ3n) is 1.90. The lowest BCUT2D eigenvalue weighted by Crippen LogP contribution is -2.08. The molecule has 0 aliphatic heterocycles. The van der Waals surface area contributed by atoms with Crippen molar-refractivity contribution in [2.24, 2.45) is 0 Å². The summed E-state index contributed by atoms with van der Waals surface area (Å²) in [6.07, 6.45) is 1.68. The molecule has 0 bridgehead atoms. The van der Waals surface area contributed by atoms with Crippen LogP contribution in [0.5, 0.6) is 0 Å². The van der Waals surface area contributed by atoms with Gasteiger partial charge in [-0.15, -0.1) is 0 Å². The van der Waals surface area contributed by atoms with Gasteiger partial charge in [-0.1, -0.05) is 13.1 Å². The Kier molecular flexibility index (Phi) is 5.01. The molecule has 0 saturated carbocycles. The van der Waals surface area contributed by atoms with E-state index in [1.165, 1.54) is 6.04 Å². The van der Waals surface area contributed by atoms with Crippen molar-refractivity contribution in [3.05, 3.63) is 16.4 Å². The van der Waals surface area contributed by atoms with E-state index >= 15 is 0 Å². The van der Waals surface area contributed by atoms with Gasteiger partial charge in [-0.3, -0.25) is 0 Å². The molecule has 0 fully saturated rings. The fourth-order valence-electron chi connectivity index (χ4n) is 1.02. The van der Waals surface area contributed by atoms with Crippen molar-refractivity contribution >= 4 is 24.7 Å². The second-order valence-corrected chi connectivity index (χ2v) is 7.82. The van der Waals surface area contributed by atoms with Crippen LogP contribution < -0.4 is 0 Å². The van der Waals surface area contributed by atoms with E-state index in [0.29, 0.717) is 16.9 Å². The molecule has 0 saturated heterocycles. The molecule has 0 aliphatic rings. The maximum Gasteiger partial charge on any atom is 0.146 e. The van der Waals surface area contributed by atoms with Crippen LogP contribution >= 0.6 is 15.9 Å². The van der Waals surface area contributed by atoms with Crippen molar-refractivity contribution in [3.63, 3.8) is 0 Å². The van der Waals surface area contributed by atoms with Crippen molar-refractivity contribution < 1.29 is 4.74 Å². The van der Waals surface area contributed by atoms with Gasteiger partial charge >= 0.3 is 0 Å². The molecule has 4 nitrogen and oxygen atoms in total. The number of nitriles is 1. The van der Waals surface area contributed by atoms with Crippen molar-refractivity contribution in [1.29, 1.82) is 5.26 Å². The molecule has 1 aromatic rings. The van der Waals surface area contributed by atoms with Gasteiger partial charge in [-0.25, -0.2) is 4.68 Å². The van der Waals surface area contributed by atoms with Crippen LogP contribution in [-0.2, 0) is 11.5 Å². The summed E-state index contributed by atoms with van der Waals surface area (Å²) < 4.78 is 7.65. The van der Waals surface area contributed by atoms with Gasteiger partial charge in [-0.05, 0) is 22.0 Å². The van der Waals surface area contributed by atoms with Crippen molar-refractivity contribution in [1.82, 2.24) is 9.78 Å². The van der Waals surface area contributed by atoms with Gasteiger partial charge in [0, 0.05) is 21.6 Å². The van der Waals surface area contributed by atoms with Gasteiger partial charge in [0.05, 0.1) is 0 Å². The first kappa shape index (κ1) is 12.4. The SMILES string of the molecule is C[SiH](C)CCOCn1cc(C#N)c(Br)n1. The maximum absolute atomic E-state index is 8.71. The van der Waals surface area contributed by atoms with E-state index in [-0.39, 0.29) is 0 Å². The van der Waals surface area contributed by atoms with Gasteiger partial charge in [0.15, 0.2) is 0 Å². The van der Waals surface area contributed by atoms with E-state index < -0.39 is 8.80 Å². The van der Waals surface area contributed by atoms with Gasteiger partial charge < -0.3 is 4.74 Å². The third kappa shape index (κ3) is 4.16. The van der Waals surface area contributed by atoms with Gasteiger partial charge in [0.25, 0.3) is 0 Å². The highest BCUT2D eigenvalue weighted by molar-refractivity contribution is 9.10. The summed E-state index contributed by atoms with van der Waals surface area (Å²) in [5.74, 6) is 0. The average Bonchev–Trinajstić information content (AvgIpc) is 2.53. The highest BCUT2D eigenvalue weighted by atomic mass is 79.9. The Bertz CT molecular complexity index is 359. The van der Waals surface area contributed by atoms with Crippen LogP contribution in [0.1, 0.15) is 5.56 Å². The second kappa shape index (κ2) is 6.05. The summed E-state index contributed by atoms with van der Waals surface area (Å²) in [6.45, 7) is 5.79. The molecule has 0 aromatic carbocycles. The van der Waals surface area contributed by atoms with Crippen LogP contribution in [-0.4, -0.2) is 25.2 Å². The summed E-state index contributed by atoms with van der Waals surface area (Å²) in [4.78, 5) is 0. The highest BCUT2D eigenvalue weighted by Crippen LogP contribution is 2.12. The minimum Gasteiger partial charge on any atom is -0.360 e. The summed E-state index contributed by atoms with van der Waals surface area (Å²) in [6, 6.07) is 3.22. The van der Waals surface area contributed by atoms with Gasteiger partial charge in [-0.2, -0.15) is 10.4 Å². The van der Waals surface area contributed by atoms with Crippen LogP contribution in [0.4, 0.5) is 0 Å². The van der Waals surface area contributed by atoms with E-state index in [1.54, 1.807) is 10.9 Å². The number of hydrogen-bond donors (Lipinski definition) is 0. The summed E-state index contributed by atoms with van der Waals surface area (Å²) >= 11 is 3.21. The maximum atomic E-state index is 8.71. The predicted molar refractivity (Wildman–Crippen MR) is 64.3 cm³/mol.